The van der Waals surface area contributed by atoms with Gasteiger partial charge in [-0.15, -0.1) is 0 Å². The fourth-order valence-corrected chi connectivity index (χ4v) is 3.09. The molecule has 0 saturated heterocycles. The lowest BCUT2D eigenvalue weighted by Gasteiger charge is -2.25. The standard InChI is InChI=1S/C17H14FN3O2S/c1-24(22,23)16-8-2-13(3-9-16)17(12-19)10-11-21(20-17)15-6-4-14(18)5-7-15/h2-11,20H,1H3. The van der Waals surface area contributed by atoms with E-state index < -0.39 is 15.4 Å². The van der Waals surface area contributed by atoms with E-state index in [-0.39, 0.29) is 10.7 Å². The van der Waals surface area contributed by atoms with E-state index in [1.165, 1.54) is 24.3 Å². The number of nitriles is 1. The first-order valence-electron chi connectivity index (χ1n) is 7.08. The van der Waals surface area contributed by atoms with Crippen LogP contribution in [0.4, 0.5) is 10.1 Å². The highest BCUT2D eigenvalue weighted by atomic mass is 32.2. The molecule has 24 heavy (non-hydrogen) atoms. The monoisotopic (exact) mass is 343 g/mol. The second-order valence-corrected chi connectivity index (χ2v) is 7.51. The third-order valence-electron chi connectivity index (χ3n) is 3.79. The minimum atomic E-state index is -3.29. The smallest absolute Gasteiger partial charge is 0.175 e. The number of nitrogens with zero attached hydrogens (tertiary/aromatic N) is 2. The van der Waals surface area contributed by atoms with Crippen LogP contribution in [0.1, 0.15) is 5.56 Å². The molecule has 3 rings (SSSR count). The molecular formula is C17H14FN3O2S. The van der Waals surface area contributed by atoms with Crippen LogP contribution >= 0.6 is 0 Å². The number of nitrogens with one attached hydrogen (secondary N) is 1. The molecule has 0 bridgehead atoms. The summed E-state index contributed by atoms with van der Waals surface area (Å²) >= 11 is 0. The molecule has 1 atom stereocenters. The van der Waals surface area contributed by atoms with Gasteiger partial charge < -0.3 is 0 Å². The predicted octanol–water partition coefficient (Wildman–Crippen LogP) is 2.49. The zero-order valence-electron chi connectivity index (χ0n) is 12.8. The van der Waals surface area contributed by atoms with Crippen molar-refractivity contribution < 1.29 is 12.8 Å². The Labute approximate surface area is 139 Å². The summed E-state index contributed by atoms with van der Waals surface area (Å²) in [6.07, 6.45) is 4.48. The number of rotatable bonds is 3. The molecule has 1 aliphatic rings. The van der Waals surface area contributed by atoms with Crippen molar-refractivity contribution in [2.45, 2.75) is 10.4 Å². The molecule has 0 spiro atoms. The molecule has 1 heterocycles. The fourth-order valence-electron chi connectivity index (χ4n) is 2.46. The lowest BCUT2D eigenvalue weighted by atomic mass is 9.93. The van der Waals surface area contributed by atoms with Crippen molar-refractivity contribution in [3.05, 3.63) is 72.2 Å². The first-order chi connectivity index (χ1) is 11.3. The molecule has 5 nitrogen and oxygen atoms in total. The number of hydrogen-bond donors (Lipinski definition) is 1. The second-order valence-electron chi connectivity index (χ2n) is 5.49. The van der Waals surface area contributed by atoms with Crippen LogP contribution in [0.2, 0.25) is 0 Å². The number of benzene rings is 2. The maximum atomic E-state index is 13.0. The molecule has 2 aromatic carbocycles. The summed E-state index contributed by atoms with van der Waals surface area (Å²) in [4.78, 5) is 0.191. The van der Waals surface area contributed by atoms with Crippen molar-refractivity contribution in [1.82, 2.24) is 5.43 Å². The summed E-state index contributed by atoms with van der Waals surface area (Å²) in [7, 11) is -3.29. The van der Waals surface area contributed by atoms with Gasteiger partial charge in [0.15, 0.2) is 15.4 Å². The van der Waals surface area contributed by atoms with Gasteiger partial charge >= 0.3 is 0 Å². The largest absolute Gasteiger partial charge is 0.282 e. The van der Waals surface area contributed by atoms with Crippen molar-refractivity contribution in [3.8, 4) is 6.07 Å². The highest BCUT2D eigenvalue weighted by Crippen LogP contribution is 2.30. The molecule has 0 radical (unpaired) electrons. The number of hydrazine groups is 1. The van der Waals surface area contributed by atoms with Crippen LogP contribution in [0.5, 0.6) is 0 Å². The second kappa shape index (κ2) is 5.74. The predicted molar refractivity (Wildman–Crippen MR) is 88.0 cm³/mol. The summed E-state index contributed by atoms with van der Waals surface area (Å²) < 4.78 is 36.1. The van der Waals surface area contributed by atoms with Crippen LogP contribution in [0.15, 0.2) is 65.7 Å². The van der Waals surface area contributed by atoms with Crippen molar-refractivity contribution >= 4 is 15.5 Å². The van der Waals surface area contributed by atoms with Crippen LogP contribution in [0.25, 0.3) is 0 Å². The van der Waals surface area contributed by atoms with Crippen molar-refractivity contribution in [2.24, 2.45) is 0 Å². The van der Waals surface area contributed by atoms with Crippen LogP contribution < -0.4 is 10.4 Å². The molecule has 2 aromatic rings. The zero-order valence-corrected chi connectivity index (χ0v) is 13.6. The molecule has 0 aliphatic carbocycles. The van der Waals surface area contributed by atoms with Crippen molar-refractivity contribution in [3.63, 3.8) is 0 Å². The van der Waals surface area contributed by atoms with E-state index >= 15 is 0 Å². The van der Waals surface area contributed by atoms with E-state index in [1.807, 2.05) is 0 Å². The molecular weight excluding hydrogens is 329 g/mol. The van der Waals surface area contributed by atoms with Gasteiger partial charge in [-0.05, 0) is 48.0 Å². The highest BCUT2D eigenvalue weighted by Gasteiger charge is 2.35. The van der Waals surface area contributed by atoms with Crippen LogP contribution in [0.3, 0.4) is 0 Å². The SMILES string of the molecule is CS(=O)(=O)c1ccc(C2(C#N)C=CN(c3ccc(F)cc3)N2)cc1. The normalized spacial score (nSPS) is 20.1. The third-order valence-corrected chi connectivity index (χ3v) is 4.92. The zero-order chi connectivity index (χ0) is 17.4. The van der Waals surface area contributed by atoms with E-state index in [0.717, 1.165) is 6.26 Å². The van der Waals surface area contributed by atoms with E-state index in [2.05, 4.69) is 11.5 Å². The van der Waals surface area contributed by atoms with Gasteiger partial charge in [-0.1, -0.05) is 12.1 Å². The van der Waals surface area contributed by atoms with Gasteiger partial charge in [0.2, 0.25) is 0 Å². The van der Waals surface area contributed by atoms with E-state index in [4.69, 9.17) is 0 Å². The van der Waals surface area contributed by atoms with Crippen LogP contribution in [-0.4, -0.2) is 14.7 Å². The summed E-state index contributed by atoms with van der Waals surface area (Å²) in [5, 5.41) is 11.3. The molecule has 1 unspecified atom stereocenters. The van der Waals surface area contributed by atoms with Gasteiger partial charge in [0.05, 0.1) is 16.7 Å². The molecule has 0 amide bonds. The Kier molecular flexibility index (Phi) is 3.87. The van der Waals surface area contributed by atoms with Crippen molar-refractivity contribution in [1.29, 1.82) is 5.26 Å². The number of sulfone groups is 1. The lowest BCUT2D eigenvalue weighted by molar-refractivity contribution is 0.557. The lowest BCUT2D eigenvalue weighted by Crippen LogP contribution is -2.43. The molecule has 0 fully saturated rings. The van der Waals surface area contributed by atoms with Crippen LogP contribution in [0, 0.1) is 17.1 Å². The Morgan fingerprint density at radius 2 is 1.75 bits per heavy atom. The number of halogens is 1. The summed E-state index contributed by atoms with van der Waals surface area (Å²) in [6, 6.07) is 14.2. The maximum absolute atomic E-state index is 13.0. The summed E-state index contributed by atoms with van der Waals surface area (Å²) in [5.74, 6) is -0.343. The molecule has 1 aliphatic heterocycles. The molecule has 0 aromatic heterocycles. The van der Waals surface area contributed by atoms with Gasteiger partial charge in [0.25, 0.3) is 0 Å². The Morgan fingerprint density at radius 1 is 1.12 bits per heavy atom. The van der Waals surface area contributed by atoms with Gasteiger partial charge in [0.1, 0.15) is 5.82 Å². The fraction of sp³-hybridized carbons (Fsp3) is 0.118. The first kappa shape index (κ1) is 16.2. The topological polar surface area (TPSA) is 73.2 Å². The average Bonchev–Trinajstić information content (AvgIpc) is 3.01. The van der Waals surface area contributed by atoms with Crippen LogP contribution in [-0.2, 0) is 15.4 Å². The number of hydrogen-bond acceptors (Lipinski definition) is 5. The van der Waals surface area contributed by atoms with Crippen molar-refractivity contribution in [2.75, 3.05) is 11.3 Å². The van der Waals surface area contributed by atoms with E-state index in [9.17, 15) is 18.1 Å². The number of anilines is 1. The first-order valence-corrected chi connectivity index (χ1v) is 8.97. The van der Waals surface area contributed by atoms with E-state index in [1.54, 1.807) is 41.6 Å². The Bertz CT molecular complexity index is 931. The molecule has 122 valence electrons. The summed E-state index contributed by atoms with van der Waals surface area (Å²) in [5.41, 5.74) is 3.22. The molecule has 0 saturated carbocycles. The summed E-state index contributed by atoms with van der Waals surface area (Å²) in [6.45, 7) is 0. The third kappa shape index (κ3) is 2.89. The van der Waals surface area contributed by atoms with Gasteiger partial charge in [0, 0.05) is 12.5 Å². The maximum Gasteiger partial charge on any atom is 0.175 e. The minimum absolute atomic E-state index is 0.191. The quantitative estimate of drug-likeness (QED) is 0.927. The Balaban J connectivity index is 1.91. The minimum Gasteiger partial charge on any atom is -0.282 e. The molecule has 7 heteroatoms. The van der Waals surface area contributed by atoms with Gasteiger partial charge in [-0.3, -0.25) is 5.01 Å². The Hall–Kier alpha value is -2.69. The average molecular weight is 343 g/mol. The highest BCUT2D eigenvalue weighted by molar-refractivity contribution is 7.90. The van der Waals surface area contributed by atoms with Gasteiger partial charge in [-0.25, -0.2) is 18.2 Å². The van der Waals surface area contributed by atoms with E-state index in [0.29, 0.717) is 11.3 Å². The molecule has 1 N–H and O–H groups in total. The van der Waals surface area contributed by atoms with Gasteiger partial charge in [-0.2, -0.15) is 5.26 Å². The Morgan fingerprint density at radius 3 is 2.29 bits per heavy atom.